The van der Waals surface area contributed by atoms with Gasteiger partial charge in [-0.05, 0) is 69.5 Å². The number of halogens is 1. The van der Waals surface area contributed by atoms with E-state index in [1.165, 1.54) is 5.56 Å². The third-order valence-corrected chi connectivity index (χ3v) is 5.96. The van der Waals surface area contributed by atoms with E-state index < -0.39 is 11.8 Å². The van der Waals surface area contributed by atoms with Crippen LogP contribution in [0.4, 0.5) is 0 Å². The molecule has 2 N–H and O–H groups in total. The molecule has 0 fully saturated rings. The molecule has 0 aromatic heterocycles. The van der Waals surface area contributed by atoms with Crippen molar-refractivity contribution in [2.24, 2.45) is 0 Å². The van der Waals surface area contributed by atoms with Crippen LogP contribution in [0.25, 0.3) is 0 Å². The molecule has 36 heavy (non-hydrogen) atoms. The molecular formula is C29H25BrN2O4. The summed E-state index contributed by atoms with van der Waals surface area (Å²) in [6.07, 6.45) is 0.779. The molecule has 4 aromatic carbocycles. The fraction of sp³-hybridized carbons (Fsp3) is 0.103. The Hall–Kier alpha value is -4.10. The van der Waals surface area contributed by atoms with Gasteiger partial charge in [-0.2, -0.15) is 0 Å². The fourth-order valence-corrected chi connectivity index (χ4v) is 3.88. The molecule has 4 rings (SSSR count). The molecule has 6 nitrogen and oxygen atoms in total. The van der Waals surface area contributed by atoms with Crippen molar-refractivity contribution in [3.05, 3.63) is 130 Å². The van der Waals surface area contributed by atoms with E-state index in [9.17, 15) is 9.59 Å². The molecule has 0 saturated heterocycles. The summed E-state index contributed by atoms with van der Waals surface area (Å²) in [7, 11) is 0. The lowest BCUT2D eigenvalue weighted by molar-refractivity contribution is 0.0846. The van der Waals surface area contributed by atoms with Gasteiger partial charge < -0.3 is 9.47 Å². The second kappa shape index (κ2) is 12.6. The average Bonchev–Trinajstić information content (AvgIpc) is 2.92. The van der Waals surface area contributed by atoms with E-state index in [2.05, 4.69) is 26.8 Å². The summed E-state index contributed by atoms with van der Waals surface area (Å²) >= 11 is 3.45. The first-order valence-corrected chi connectivity index (χ1v) is 12.2. The van der Waals surface area contributed by atoms with Crippen molar-refractivity contribution >= 4 is 27.7 Å². The Kier molecular flexibility index (Phi) is 8.72. The molecule has 0 aliphatic rings. The van der Waals surface area contributed by atoms with Crippen LogP contribution in [0.3, 0.4) is 0 Å². The van der Waals surface area contributed by atoms with E-state index in [0.717, 1.165) is 12.0 Å². The van der Waals surface area contributed by atoms with Gasteiger partial charge in [0.05, 0.1) is 11.1 Å². The van der Waals surface area contributed by atoms with Crippen molar-refractivity contribution in [2.75, 3.05) is 6.61 Å². The topological polar surface area (TPSA) is 76.7 Å². The second-order valence-electron chi connectivity index (χ2n) is 7.94. The molecule has 0 aliphatic carbocycles. The highest BCUT2D eigenvalue weighted by Crippen LogP contribution is 2.26. The Morgan fingerprint density at radius 1 is 0.667 bits per heavy atom. The normalized spacial score (nSPS) is 10.4. The van der Waals surface area contributed by atoms with Crippen LogP contribution in [0.15, 0.2) is 108 Å². The molecular weight excluding hydrogens is 520 g/mol. The van der Waals surface area contributed by atoms with Crippen molar-refractivity contribution in [3.8, 4) is 11.5 Å². The molecule has 0 unspecified atom stereocenters. The zero-order chi connectivity index (χ0) is 25.2. The van der Waals surface area contributed by atoms with Gasteiger partial charge in [0.15, 0.2) is 0 Å². The van der Waals surface area contributed by atoms with Crippen LogP contribution in [-0.2, 0) is 13.0 Å². The minimum Gasteiger partial charge on any atom is -0.492 e. The largest absolute Gasteiger partial charge is 0.492 e. The van der Waals surface area contributed by atoms with E-state index in [-0.39, 0.29) is 0 Å². The summed E-state index contributed by atoms with van der Waals surface area (Å²) in [6.45, 7) is 0.954. The Balaban J connectivity index is 1.24. The molecule has 0 heterocycles. The maximum absolute atomic E-state index is 12.5. The minimum absolute atomic E-state index is 0.377. The van der Waals surface area contributed by atoms with Crippen molar-refractivity contribution in [1.82, 2.24) is 10.9 Å². The number of ether oxygens (including phenoxy) is 2. The van der Waals surface area contributed by atoms with Gasteiger partial charge in [0.1, 0.15) is 18.1 Å². The highest BCUT2D eigenvalue weighted by atomic mass is 79.9. The third-order valence-electron chi connectivity index (χ3n) is 5.34. The van der Waals surface area contributed by atoms with E-state index in [1.807, 2.05) is 60.7 Å². The van der Waals surface area contributed by atoms with Gasteiger partial charge in [-0.15, -0.1) is 0 Å². The Bertz CT molecular complexity index is 1300. The molecule has 0 radical (unpaired) electrons. The Labute approximate surface area is 218 Å². The SMILES string of the molecule is O=C(NNC(=O)c1ccc(OCCc2ccccc2)c(Br)c1)c1ccc(OCc2ccccc2)cc1. The predicted octanol–water partition coefficient (Wildman–Crippen LogP) is 5.72. The standard InChI is InChI=1S/C29H25BrN2O4/c30-26-19-24(13-16-27(26)35-18-17-21-7-3-1-4-8-21)29(34)32-31-28(33)23-11-14-25(15-12-23)36-20-22-9-5-2-6-10-22/h1-16,19H,17-18,20H2,(H,31,33)(H,32,34). The van der Waals surface area contributed by atoms with Gasteiger partial charge >= 0.3 is 0 Å². The molecule has 0 bridgehead atoms. The number of benzene rings is 4. The van der Waals surface area contributed by atoms with Gasteiger partial charge in [-0.1, -0.05) is 60.7 Å². The van der Waals surface area contributed by atoms with Crippen molar-refractivity contribution < 1.29 is 19.1 Å². The monoisotopic (exact) mass is 544 g/mol. The van der Waals surface area contributed by atoms with Gasteiger partial charge in [0.2, 0.25) is 0 Å². The molecule has 0 aliphatic heterocycles. The quantitative estimate of drug-likeness (QED) is 0.264. The second-order valence-corrected chi connectivity index (χ2v) is 8.79. The van der Waals surface area contributed by atoms with Crippen molar-refractivity contribution in [3.63, 3.8) is 0 Å². The number of carbonyl (C=O) groups is 2. The van der Waals surface area contributed by atoms with Crippen LogP contribution in [-0.4, -0.2) is 18.4 Å². The summed E-state index contributed by atoms with van der Waals surface area (Å²) < 4.78 is 12.2. The molecule has 0 saturated carbocycles. The molecule has 0 spiro atoms. The van der Waals surface area contributed by atoms with Crippen molar-refractivity contribution in [1.29, 1.82) is 0 Å². The number of amides is 2. The zero-order valence-electron chi connectivity index (χ0n) is 19.4. The van der Waals surface area contributed by atoms with E-state index in [0.29, 0.717) is 40.3 Å². The lowest BCUT2D eigenvalue weighted by Gasteiger charge is -2.11. The molecule has 4 aromatic rings. The fourth-order valence-electron chi connectivity index (χ4n) is 3.38. The van der Waals surface area contributed by atoms with Crippen LogP contribution < -0.4 is 20.3 Å². The summed E-state index contributed by atoms with van der Waals surface area (Å²) in [5.74, 6) is 0.414. The summed E-state index contributed by atoms with van der Waals surface area (Å²) in [4.78, 5) is 24.9. The number of hydrogen-bond acceptors (Lipinski definition) is 4. The average molecular weight is 545 g/mol. The van der Waals surface area contributed by atoms with Crippen LogP contribution in [0.5, 0.6) is 11.5 Å². The first-order valence-electron chi connectivity index (χ1n) is 11.4. The maximum atomic E-state index is 12.5. The number of rotatable bonds is 9. The van der Waals surface area contributed by atoms with Crippen molar-refractivity contribution in [2.45, 2.75) is 13.0 Å². The summed E-state index contributed by atoms with van der Waals surface area (Å²) in [5.41, 5.74) is 7.89. The minimum atomic E-state index is -0.442. The van der Waals surface area contributed by atoms with Gasteiger partial charge in [-0.3, -0.25) is 20.4 Å². The maximum Gasteiger partial charge on any atom is 0.269 e. The van der Waals surface area contributed by atoms with Gasteiger partial charge in [-0.25, -0.2) is 0 Å². The van der Waals surface area contributed by atoms with Crippen LogP contribution >= 0.6 is 15.9 Å². The zero-order valence-corrected chi connectivity index (χ0v) is 21.0. The van der Waals surface area contributed by atoms with E-state index >= 15 is 0 Å². The third kappa shape index (κ3) is 7.20. The first-order chi connectivity index (χ1) is 17.6. The summed E-state index contributed by atoms with van der Waals surface area (Å²) in [6, 6.07) is 31.6. The highest BCUT2D eigenvalue weighted by Gasteiger charge is 2.12. The Morgan fingerprint density at radius 2 is 1.25 bits per heavy atom. The molecule has 182 valence electrons. The molecule has 0 atom stereocenters. The van der Waals surface area contributed by atoms with Crippen LogP contribution in [0, 0.1) is 0 Å². The van der Waals surface area contributed by atoms with Gasteiger partial charge in [0, 0.05) is 17.5 Å². The van der Waals surface area contributed by atoms with E-state index in [4.69, 9.17) is 9.47 Å². The Morgan fingerprint density at radius 3 is 1.89 bits per heavy atom. The highest BCUT2D eigenvalue weighted by molar-refractivity contribution is 9.10. The number of hydrazine groups is 1. The van der Waals surface area contributed by atoms with Crippen LogP contribution in [0.1, 0.15) is 31.8 Å². The number of hydrogen-bond donors (Lipinski definition) is 2. The van der Waals surface area contributed by atoms with Gasteiger partial charge in [0.25, 0.3) is 11.8 Å². The van der Waals surface area contributed by atoms with E-state index in [1.54, 1.807) is 42.5 Å². The smallest absolute Gasteiger partial charge is 0.269 e. The number of carbonyl (C=O) groups excluding carboxylic acids is 2. The lowest BCUT2D eigenvalue weighted by atomic mass is 10.2. The molecule has 2 amide bonds. The first kappa shape index (κ1) is 25.0. The molecule has 7 heteroatoms. The lowest BCUT2D eigenvalue weighted by Crippen LogP contribution is -2.41. The predicted molar refractivity (Wildman–Crippen MR) is 142 cm³/mol. The number of nitrogens with one attached hydrogen (secondary N) is 2. The van der Waals surface area contributed by atoms with Crippen LogP contribution in [0.2, 0.25) is 0 Å². The summed E-state index contributed by atoms with van der Waals surface area (Å²) in [5, 5.41) is 0.